The standard InChI is InChI=1S/C21H19FN2O2/c22-16-10-12-17(13-11-16)23-15-14-21(25)24-19-8-4-5-9-20(19)26-18-6-2-1-3-7-18/h1-13,23H,14-15H2,(H,24,25). The molecule has 3 aromatic rings. The van der Waals surface area contributed by atoms with Gasteiger partial charge in [0.15, 0.2) is 5.75 Å². The van der Waals surface area contributed by atoms with Gasteiger partial charge in [-0.15, -0.1) is 0 Å². The van der Waals surface area contributed by atoms with Gasteiger partial charge in [0, 0.05) is 18.7 Å². The molecule has 3 rings (SSSR count). The fourth-order valence-corrected chi connectivity index (χ4v) is 2.38. The highest BCUT2D eigenvalue weighted by atomic mass is 19.1. The summed E-state index contributed by atoms with van der Waals surface area (Å²) >= 11 is 0. The number of nitrogens with one attached hydrogen (secondary N) is 2. The predicted octanol–water partition coefficient (Wildman–Crippen LogP) is 5.06. The van der Waals surface area contributed by atoms with Crippen LogP contribution in [-0.4, -0.2) is 12.5 Å². The van der Waals surface area contributed by atoms with Crippen molar-refractivity contribution in [2.45, 2.75) is 6.42 Å². The van der Waals surface area contributed by atoms with E-state index in [0.29, 0.717) is 23.7 Å². The molecule has 0 spiro atoms. The third-order valence-corrected chi connectivity index (χ3v) is 3.66. The normalized spacial score (nSPS) is 10.2. The van der Waals surface area contributed by atoms with E-state index in [2.05, 4.69) is 10.6 Å². The molecule has 3 aromatic carbocycles. The first-order valence-electron chi connectivity index (χ1n) is 8.32. The van der Waals surface area contributed by atoms with Crippen LogP contribution in [0.5, 0.6) is 11.5 Å². The van der Waals surface area contributed by atoms with E-state index in [-0.39, 0.29) is 18.1 Å². The molecular formula is C21H19FN2O2. The lowest BCUT2D eigenvalue weighted by molar-refractivity contribution is -0.116. The summed E-state index contributed by atoms with van der Waals surface area (Å²) in [5.41, 5.74) is 1.38. The summed E-state index contributed by atoms with van der Waals surface area (Å²) in [6, 6.07) is 22.7. The fraction of sp³-hybridized carbons (Fsp3) is 0.0952. The van der Waals surface area contributed by atoms with Crippen LogP contribution in [-0.2, 0) is 4.79 Å². The van der Waals surface area contributed by atoms with Gasteiger partial charge >= 0.3 is 0 Å². The number of carbonyl (C=O) groups excluding carboxylic acids is 1. The van der Waals surface area contributed by atoms with Crippen LogP contribution in [0, 0.1) is 5.82 Å². The molecule has 0 aliphatic heterocycles. The minimum Gasteiger partial charge on any atom is -0.455 e. The van der Waals surface area contributed by atoms with Gasteiger partial charge in [-0.2, -0.15) is 0 Å². The molecule has 0 bridgehead atoms. The van der Waals surface area contributed by atoms with Crippen molar-refractivity contribution in [3.8, 4) is 11.5 Å². The Morgan fingerprint density at radius 1 is 0.885 bits per heavy atom. The largest absolute Gasteiger partial charge is 0.455 e. The van der Waals surface area contributed by atoms with Gasteiger partial charge in [-0.1, -0.05) is 30.3 Å². The molecule has 0 saturated heterocycles. The Labute approximate surface area is 151 Å². The molecular weight excluding hydrogens is 331 g/mol. The van der Waals surface area contributed by atoms with Crippen LogP contribution in [0.2, 0.25) is 0 Å². The predicted molar refractivity (Wildman–Crippen MR) is 101 cm³/mol. The molecule has 0 aliphatic carbocycles. The first-order valence-corrected chi connectivity index (χ1v) is 8.32. The maximum absolute atomic E-state index is 12.9. The lowest BCUT2D eigenvalue weighted by Crippen LogP contribution is -2.16. The van der Waals surface area contributed by atoms with Crippen molar-refractivity contribution in [1.29, 1.82) is 0 Å². The Morgan fingerprint density at radius 2 is 1.58 bits per heavy atom. The van der Waals surface area contributed by atoms with E-state index in [1.54, 1.807) is 24.3 Å². The Balaban J connectivity index is 1.55. The number of carbonyl (C=O) groups is 1. The number of ether oxygens (including phenoxy) is 1. The second-order valence-electron chi connectivity index (χ2n) is 5.64. The zero-order valence-electron chi connectivity index (χ0n) is 14.1. The third-order valence-electron chi connectivity index (χ3n) is 3.66. The summed E-state index contributed by atoms with van der Waals surface area (Å²) < 4.78 is 18.7. The first kappa shape index (κ1) is 17.5. The third kappa shape index (κ3) is 5.08. The summed E-state index contributed by atoms with van der Waals surface area (Å²) in [4.78, 5) is 12.2. The minimum atomic E-state index is -0.289. The average molecular weight is 350 g/mol. The number of anilines is 2. The van der Waals surface area contributed by atoms with Crippen LogP contribution < -0.4 is 15.4 Å². The highest BCUT2D eigenvalue weighted by Crippen LogP contribution is 2.29. The van der Waals surface area contributed by atoms with Crippen molar-refractivity contribution in [2.24, 2.45) is 0 Å². The van der Waals surface area contributed by atoms with Gasteiger partial charge in [0.1, 0.15) is 11.6 Å². The second kappa shape index (κ2) is 8.67. The summed E-state index contributed by atoms with van der Waals surface area (Å²) in [6.45, 7) is 0.444. The second-order valence-corrected chi connectivity index (χ2v) is 5.64. The summed E-state index contributed by atoms with van der Waals surface area (Å²) in [5.74, 6) is 0.859. The van der Waals surface area contributed by atoms with Crippen LogP contribution in [0.1, 0.15) is 6.42 Å². The molecule has 0 aliphatic rings. The molecule has 0 atom stereocenters. The number of amides is 1. The van der Waals surface area contributed by atoms with E-state index in [0.717, 1.165) is 5.69 Å². The topological polar surface area (TPSA) is 50.4 Å². The lowest BCUT2D eigenvalue weighted by Gasteiger charge is -2.12. The van der Waals surface area contributed by atoms with Crippen LogP contribution in [0.15, 0.2) is 78.9 Å². The van der Waals surface area contributed by atoms with Gasteiger partial charge in [0.05, 0.1) is 5.69 Å². The van der Waals surface area contributed by atoms with Crippen molar-refractivity contribution in [3.05, 3.63) is 84.7 Å². The molecule has 4 nitrogen and oxygen atoms in total. The maximum atomic E-state index is 12.9. The van der Waals surface area contributed by atoms with E-state index < -0.39 is 0 Å². The van der Waals surface area contributed by atoms with Gasteiger partial charge < -0.3 is 15.4 Å². The molecule has 26 heavy (non-hydrogen) atoms. The van der Waals surface area contributed by atoms with Crippen LogP contribution in [0.4, 0.5) is 15.8 Å². The number of hydrogen-bond donors (Lipinski definition) is 2. The number of benzene rings is 3. The van der Waals surface area contributed by atoms with Gasteiger partial charge in [-0.25, -0.2) is 4.39 Å². The number of halogens is 1. The highest BCUT2D eigenvalue weighted by Gasteiger charge is 2.08. The molecule has 0 aromatic heterocycles. The van der Waals surface area contributed by atoms with Crippen LogP contribution in [0.3, 0.4) is 0 Å². The maximum Gasteiger partial charge on any atom is 0.226 e. The molecule has 0 saturated carbocycles. The van der Waals surface area contributed by atoms with E-state index in [4.69, 9.17) is 4.74 Å². The number of hydrogen-bond acceptors (Lipinski definition) is 3. The van der Waals surface area contributed by atoms with Gasteiger partial charge in [0.25, 0.3) is 0 Å². The molecule has 0 radical (unpaired) electrons. The van der Waals surface area contributed by atoms with Crippen LogP contribution in [0.25, 0.3) is 0 Å². The van der Waals surface area contributed by atoms with Crippen molar-refractivity contribution in [2.75, 3.05) is 17.2 Å². The molecule has 5 heteroatoms. The fourth-order valence-electron chi connectivity index (χ4n) is 2.38. The van der Waals surface area contributed by atoms with Crippen LogP contribution >= 0.6 is 0 Å². The summed E-state index contributed by atoms with van der Waals surface area (Å²) in [7, 11) is 0. The van der Waals surface area contributed by atoms with Gasteiger partial charge in [-0.3, -0.25) is 4.79 Å². The monoisotopic (exact) mass is 350 g/mol. The SMILES string of the molecule is O=C(CCNc1ccc(F)cc1)Nc1ccccc1Oc1ccccc1. The van der Waals surface area contributed by atoms with E-state index >= 15 is 0 Å². The Bertz CT molecular complexity index is 851. The van der Waals surface area contributed by atoms with Crippen molar-refractivity contribution >= 4 is 17.3 Å². The Kier molecular flexibility index (Phi) is 5.83. The van der Waals surface area contributed by atoms with E-state index in [1.807, 2.05) is 42.5 Å². The van der Waals surface area contributed by atoms with Crippen molar-refractivity contribution < 1.29 is 13.9 Å². The zero-order valence-corrected chi connectivity index (χ0v) is 14.1. The first-order chi connectivity index (χ1) is 12.7. The quantitative estimate of drug-likeness (QED) is 0.626. The Morgan fingerprint density at radius 3 is 2.35 bits per heavy atom. The van der Waals surface area contributed by atoms with Crippen molar-refractivity contribution in [3.63, 3.8) is 0 Å². The van der Waals surface area contributed by atoms with Crippen molar-refractivity contribution in [1.82, 2.24) is 0 Å². The number of rotatable bonds is 7. The molecule has 0 heterocycles. The summed E-state index contributed by atoms with van der Waals surface area (Å²) in [6.07, 6.45) is 0.275. The van der Waals surface area contributed by atoms with Gasteiger partial charge in [-0.05, 0) is 48.5 Å². The smallest absolute Gasteiger partial charge is 0.226 e. The molecule has 2 N–H and O–H groups in total. The average Bonchev–Trinajstić information content (AvgIpc) is 2.66. The molecule has 0 fully saturated rings. The molecule has 132 valence electrons. The van der Waals surface area contributed by atoms with Gasteiger partial charge in [0.2, 0.25) is 5.91 Å². The zero-order chi connectivity index (χ0) is 18.2. The number of para-hydroxylation sites is 3. The highest BCUT2D eigenvalue weighted by molar-refractivity contribution is 5.92. The van der Waals surface area contributed by atoms with E-state index in [1.165, 1.54) is 12.1 Å². The molecule has 1 amide bonds. The summed E-state index contributed by atoms with van der Waals surface area (Å²) in [5, 5.41) is 5.95. The van der Waals surface area contributed by atoms with E-state index in [9.17, 15) is 9.18 Å². The molecule has 0 unspecified atom stereocenters. The minimum absolute atomic E-state index is 0.135. The lowest BCUT2D eigenvalue weighted by atomic mass is 10.2. The Hall–Kier alpha value is -3.34.